The minimum absolute atomic E-state index is 0.00282. The normalized spacial score (nSPS) is 44.8. The number of carbonyl (C=O) groups excluding carboxylic acids is 1. The number of carbonyl (C=O) groups is 1. The molecule has 0 aromatic carbocycles. The predicted octanol–water partition coefficient (Wildman–Crippen LogP) is 2.68. The van der Waals surface area contributed by atoms with Crippen LogP contribution in [-0.2, 0) is 9.53 Å². The standard InChI is InChI=1S/C15H24O3/c1-9-4-6-12-11(3)15(17)18-14(12)8-10(2)13(16)7-5-9/h5,10-14,16H,4,6-8H2,1-3H3/b9-5+/t10-,11+,12-,13+,14+/m0/s1. The fourth-order valence-electron chi connectivity index (χ4n) is 3.07. The maximum Gasteiger partial charge on any atom is 0.309 e. The molecule has 2 rings (SSSR count). The smallest absolute Gasteiger partial charge is 0.309 e. The van der Waals surface area contributed by atoms with E-state index in [1.807, 2.05) is 13.8 Å². The van der Waals surface area contributed by atoms with E-state index in [2.05, 4.69) is 13.0 Å². The summed E-state index contributed by atoms with van der Waals surface area (Å²) in [5.41, 5.74) is 1.31. The molecule has 18 heavy (non-hydrogen) atoms. The van der Waals surface area contributed by atoms with Crippen molar-refractivity contribution >= 4 is 5.97 Å². The molecular weight excluding hydrogens is 228 g/mol. The molecule has 1 fully saturated rings. The highest BCUT2D eigenvalue weighted by Crippen LogP contribution is 2.37. The number of ether oxygens (including phenoxy) is 1. The second-order valence-corrected chi connectivity index (χ2v) is 6.03. The monoisotopic (exact) mass is 252 g/mol. The minimum atomic E-state index is -0.326. The Balaban J connectivity index is 2.17. The van der Waals surface area contributed by atoms with Crippen LogP contribution in [0.1, 0.15) is 46.5 Å². The predicted molar refractivity (Wildman–Crippen MR) is 69.9 cm³/mol. The summed E-state index contributed by atoms with van der Waals surface area (Å²) in [6.45, 7) is 6.12. The number of hydrogen-bond donors (Lipinski definition) is 1. The molecule has 3 heteroatoms. The van der Waals surface area contributed by atoms with E-state index in [4.69, 9.17) is 4.74 Å². The van der Waals surface area contributed by atoms with Crippen molar-refractivity contribution in [2.75, 3.05) is 0 Å². The van der Waals surface area contributed by atoms with Crippen LogP contribution in [0.25, 0.3) is 0 Å². The summed E-state index contributed by atoms with van der Waals surface area (Å²) in [6, 6.07) is 0. The van der Waals surface area contributed by atoms with Crippen molar-refractivity contribution in [1.29, 1.82) is 0 Å². The molecule has 0 amide bonds. The van der Waals surface area contributed by atoms with Crippen LogP contribution < -0.4 is 0 Å². The lowest BCUT2D eigenvalue weighted by Crippen LogP contribution is -2.27. The Morgan fingerprint density at radius 1 is 1.39 bits per heavy atom. The Morgan fingerprint density at radius 2 is 2.11 bits per heavy atom. The highest BCUT2D eigenvalue weighted by Gasteiger charge is 2.42. The summed E-state index contributed by atoms with van der Waals surface area (Å²) in [5, 5.41) is 10.1. The van der Waals surface area contributed by atoms with Gasteiger partial charge < -0.3 is 9.84 Å². The Labute approximate surface area is 109 Å². The quantitative estimate of drug-likeness (QED) is 0.532. The third-order valence-corrected chi connectivity index (χ3v) is 4.60. The van der Waals surface area contributed by atoms with Gasteiger partial charge in [-0.2, -0.15) is 0 Å². The molecule has 0 bridgehead atoms. The first-order chi connectivity index (χ1) is 8.49. The van der Waals surface area contributed by atoms with E-state index in [1.165, 1.54) is 5.57 Å². The Morgan fingerprint density at radius 3 is 2.83 bits per heavy atom. The van der Waals surface area contributed by atoms with Gasteiger partial charge in [-0.05, 0) is 38.5 Å². The van der Waals surface area contributed by atoms with Crippen molar-refractivity contribution < 1.29 is 14.6 Å². The van der Waals surface area contributed by atoms with Gasteiger partial charge in [0, 0.05) is 5.92 Å². The SMILES string of the molecule is C/C1=C\C[C@@H](O)[C@@H](C)C[C@H]2OC(=O)[C@H](C)[C@@H]2CC1. The first-order valence-electron chi connectivity index (χ1n) is 7.03. The Hall–Kier alpha value is -0.830. The van der Waals surface area contributed by atoms with E-state index in [-0.39, 0.29) is 30.0 Å². The van der Waals surface area contributed by atoms with E-state index in [9.17, 15) is 9.90 Å². The molecule has 1 N–H and O–H groups in total. The van der Waals surface area contributed by atoms with Crippen LogP contribution in [-0.4, -0.2) is 23.3 Å². The van der Waals surface area contributed by atoms with Gasteiger partial charge in [-0.3, -0.25) is 4.79 Å². The van der Waals surface area contributed by atoms with E-state index in [0.717, 1.165) is 19.3 Å². The van der Waals surface area contributed by atoms with Gasteiger partial charge in [-0.1, -0.05) is 25.5 Å². The molecule has 2 aliphatic rings. The number of aliphatic hydroxyl groups excluding tert-OH is 1. The van der Waals surface area contributed by atoms with Crippen LogP contribution in [0.5, 0.6) is 0 Å². The highest BCUT2D eigenvalue weighted by molar-refractivity contribution is 5.74. The van der Waals surface area contributed by atoms with E-state index < -0.39 is 0 Å². The summed E-state index contributed by atoms with van der Waals surface area (Å²) in [5.74, 6) is 0.436. The van der Waals surface area contributed by atoms with Crippen molar-refractivity contribution in [2.45, 2.75) is 58.7 Å². The number of aliphatic hydroxyl groups is 1. The van der Waals surface area contributed by atoms with Gasteiger partial charge in [-0.15, -0.1) is 0 Å². The fraction of sp³-hybridized carbons (Fsp3) is 0.800. The molecule has 0 radical (unpaired) electrons. The van der Waals surface area contributed by atoms with Crippen LogP contribution in [0.4, 0.5) is 0 Å². The zero-order valence-corrected chi connectivity index (χ0v) is 11.6. The largest absolute Gasteiger partial charge is 0.462 e. The molecule has 3 nitrogen and oxygen atoms in total. The van der Waals surface area contributed by atoms with Gasteiger partial charge >= 0.3 is 5.97 Å². The van der Waals surface area contributed by atoms with Crippen LogP contribution >= 0.6 is 0 Å². The van der Waals surface area contributed by atoms with Gasteiger partial charge in [-0.25, -0.2) is 0 Å². The van der Waals surface area contributed by atoms with Gasteiger partial charge in [0.2, 0.25) is 0 Å². The minimum Gasteiger partial charge on any atom is -0.462 e. The first kappa shape index (κ1) is 13.6. The number of fused-ring (bicyclic) bond motifs is 1. The zero-order chi connectivity index (χ0) is 13.3. The van der Waals surface area contributed by atoms with Gasteiger partial charge in [0.1, 0.15) is 6.10 Å². The maximum absolute atomic E-state index is 11.7. The van der Waals surface area contributed by atoms with Crippen LogP contribution in [0, 0.1) is 17.8 Å². The van der Waals surface area contributed by atoms with Crippen molar-refractivity contribution in [3.63, 3.8) is 0 Å². The molecule has 1 heterocycles. The zero-order valence-electron chi connectivity index (χ0n) is 11.6. The Kier molecular flexibility index (Phi) is 4.10. The molecule has 0 unspecified atom stereocenters. The molecule has 0 aromatic heterocycles. The molecule has 0 saturated carbocycles. The molecule has 5 atom stereocenters. The third kappa shape index (κ3) is 2.77. The molecule has 1 aliphatic carbocycles. The summed E-state index contributed by atoms with van der Waals surface area (Å²) >= 11 is 0. The first-order valence-corrected chi connectivity index (χ1v) is 7.03. The van der Waals surface area contributed by atoms with Crippen molar-refractivity contribution in [3.8, 4) is 0 Å². The average molecular weight is 252 g/mol. The summed E-state index contributed by atoms with van der Waals surface area (Å²) in [4.78, 5) is 11.7. The lowest BCUT2D eigenvalue weighted by atomic mass is 9.81. The van der Waals surface area contributed by atoms with Gasteiger partial charge in [0.15, 0.2) is 0 Å². The molecule has 102 valence electrons. The number of hydrogen-bond acceptors (Lipinski definition) is 3. The molecule has 0 spiro atoms. The van der Waals surface area contributed by atoms with Crippen molar-refractivity contribution in [2.24, 2.45) is 17.8 Å². The van der Waals surface area contributed by atoms with Crippen molar-refractivity contribution in [1.82, 2.24) is 0 Å². The average Bonchev–Trinajstić information content (AvgIpc) is 2.59. The maximum atomic E-state index is 11.7. The summed E-state index contributed by atoms with van der Waals surface area (Å²) in [6.07, 6.45) is 5.34. The second kappa shape index (κ2) is 5.43. The van der Waals surface area contributed by atoms with Crippen molar-refractivity contribution in [3.05, 3.63) is 11.6 Å². The lowest BCUT2D eigenvalue weighted by Gasteiger charge is -2.26. The van der Waals surface area contributed by atoms with Gasteiger partial charge in [0.25, 0.3) is 0 Å². The highest BCUT2D eigenvalue weighted by atomic mass is 16.6. The number of rotatable bonds is 0. The topological polar surface area (TPSA) is 46.5 Å². The molecular formula is C15H24O3. The number of esters is 1. The molecule has 1 saturated heterocycles. The van der Waals surface area contributed by atoms with Crippen LogP contribution in [0.2, 0.25) is 0 Å². The van der Waals surface area contributed by atoms with Crippen LogP contribution in [0.15, 0.2) is 11.6 Å². The summed E-state index contributed by atoms with van der Waals surface area (Å²) < 4.78 is 5.49. The van der Waals surface area contributed by atoms with E-state index in [0.29, 0.717) is 12.3 Å². The van der Waals surface area contributed by atoms with Crippen LogP contribution in [0.3, 0.4) is 0 Å². The summed E-state index contributed by atoms with van der Waals surface area (Å²) in [7, 11) is 0. The molecule has 0 aromatic rings. The third-order valence-electron chi connectivity index (χ3n) is 4.60. The second-order valence-electron chi connectivity index (χ2n) is 6.03. The van der Waals surface area contributed by atoms with E-state index in [1.54, 1.807) is 0 Å². The number of allylic oxidation sites excluding steroid dienone is 1. The Bertz CT molecular complexity index is 348. The molecule has 1 aliphatic heterocycles. The van der Waals surface area contributed by atoms with E-state index >= 15 is 0 Å². The fourth-order valence-corrected chi connectivity index (χ4v) is 3.07. The van der Waals surface area contributed by atoms with Gasteiger partial charge in [0.05, 0.1) is 12.0 Å². The lowest BCUT2D eigenvalue weighted by molar-refractivity contribution is -0.144.